The number of anilines is 1. The van der Waals surface area contributed by atoms with Gasteiger partial charge in [0.05, 0.1) is 20.8 Å². The Kier molecular flexibility index (Phi) is 5.32. The van der Waals surface area contributed by atoms with E-state index in [1.807, 2.05) is 49.4 Å². The summed E-state index contributed by atoms with van der Waals surface area (Å²) < 4.78 is 16.2. The van der Waals surface area contributed by atoms with Gasteiger partial charge in [0.1, 0.15) is 5.75 Å². The smallest absolute Gasteiger partial charge is 0.165 e. The first-order valence-corrected chi connectivity index (χ1v) is 6.95. The number of methoxy groups -OCH3 is 2. The van der Waals surface area contributed by atoms with Crippen LogP contribution >= 0.6 is 0 Å². The molecule has 0 amide bonds. The Morgan fingerprint density at radius 1 is 0.952 bits per heavy atom. The minimum absolute atomic E-state index is 0.661. The molecule has 4 heteroatoms. The highest BCUT2D eigenvalue weighted by Gasteiger charge is 2.08. The van der Waals surface area contributed by atoms with Gasteiger partial charge < -0.3 is 19.5 Å². The third-order valence-electron chi connectivity index (χ3n) is 3.13. The van der Waals surface area contributed by atoms with Gasteiger partial charge in [0.2, 0.25) is 0 Å². The molecule has 0 bridgehead atoms. The van der Waals surface area contributed by atoms with E-state index in [0.29, 0.717) is 13.2 Å². The molecule has 0 atom stereocenters. The summed E-state index contributed by atoms with van der Waals surface area (Å²) in [5.41, 5.74) is 2.08. The Morgan fingerprint density at radius 2 is 1.71 bits per heavy atom. The number of hydrogen-bond donors (Lipinski definition) is 1. The van der Waals surface area contributed by atoms with Gasteiger partial charge >= 0.3 is 0 Å². The van der Waals surface area contributed by atoms with Crippen LogP contribution < -0.4 is 19.5 Å². The fourth-order valence-corrected chi connectivity index (χ4v) is 2.13. The summed E-state index contributed by atoms with van der Waals surface area (Å²) in [6.45, 7) is 3.31. The second-order valence-corrected chi connectivity index (χ2v) is 4.46. The first-order valence-electron chi connectivity index (χ1n) is 6.95. The van der Waals surface area contributed by atoms with Crippen LogP contribution in [0.1, 0.15) is 12.5 Å². The molecule has 0 aromatic heterocycles. The summed E-state index contributed by atoms with van der Waals surface area (Å²) in [4.78, 5) is 0. The molecule has 0 unspecified atom stereocenters. The number of rotatable bonds is 7. The highest BCUT2D eigenvalue weighted by atomic mass is 16.5. The van der Waals surface area contributed by atoms with Crippen LogP contribution in [0.3, 0.4) is 0 Å². The molecule has 0 spiro atoms. The molecule has 0 saturated heterocycles. The van der Waals surface area contributed by atoms with Crippen molar-refractivity contribution in [2.45, 2.75) is 13.5 Å². The Morgan fingerprint density at radius 3 is 2.33 bits per heavy atom. The van der Waals surface area contributed by atoms with Crippen molar-refractivity contribution in [3.05, 3.63) is 48.0 Å². The monoisotopic (exact) mass is 287 g/mol. The molecule has 1 N–H and O–H groups in total. The maximum Gasteiger partial charge on any atom is 0.165 e. The average molecular weight is 287 g/mol. The number of hydrogen-bond acceptors (Lipinski definition) is 4. The van der Waals surface area contributed by atoms with Crippen molar-refractivity contribution >= 4 is 5.69 Å². The van der Waals surface area contributed by atoms with E-state index in [2.05, 4.69) is 5.32 Å². The lowest BCUT2D eigenvalue weighted by molar-refractivity contribution is 0.340. The summed E-state index contributed by atoms with van der Waals surface area (Å²) >= 11 is 0. The Hall–Kier alpha value is -2.36. The van der Waals surface area contributed by atoms with E-state index in [4.69, 9.17) is 14.2 Å². The fourth-order valence-electron chi connectivity index (χ4n) is 2.13. The molecule has 0 saturated carbocycles. The number of benzene rings is 2. The Bertz CT molecular complexity index is 567. The summed E-state index contributed by atoms with van der Waals surface area (Å²) in [6, 6.07) is 13.8. The van der Waals surface area contributed by atoms with E-state index < -0.39 is 0 Å². The third-order valence-corrected chi connectivity index (χ3v) is 3.13. The first kappa shape index (κ1) is 15.0. The van der Waals surface area contributed by atoms with E-state index >= 15 is 0 Å². The minimum Gasteiger partial charge on any atom is -0.494 e. The zero-order valence-electron chi connectivity index (χ0n) is 12.7. The molecular weight excluding hydrogens is 266 g/mol. The normalized spacial score (nSPS) is 10.0. The van der Waals surface area contributed by atoms with Crippen LogP contribution in [0.2, 0.25) is 0 Å². The van der Waals surface area contributed by atoms with Crippen LogP contribution in [0.15, 0.2) is 42.5 Å². The van der Waals surface area contributed by atoms with Crippen molar-refractivity contribution in [1.29, 1.82) is 0 Å². The van der Waals surface area contributed by atoms with E-state index in [9.17, 15) is 0 Å². The van der Waals surface area contributed by atoms with E-state index in [-0.39, 0.29) is 0 Å². The summed E-state index contributed by atoms with van der Waals surface area (Å²) in [7, 11) is 3.29. The second-order valence-electron chi connectivity index (χ2n) is 4.46. The van der Waals surface area contributed by atoms with Crippen molar-refractivity contribution < 1.29 is 14.2 Å². The van der Waals surface area contributed by atoms with Gasteiger partial charge in [-0.25, -0.2) is 0 Å². The Balaban J connectivity index is 2.05. The van der Waals surface area contributed by atoms with Gasteiger partial charge in [0.15, 0.2) is 11.5 Å². The molecule has 0 heterocycles. The topological polar surface area (TPSA) is 39.7 Å². The summed E-state index contributed by atoms with van der Waals surface area (Å²) in [5.74, 6) is 2.38. The number of para-hydroxylation sites is 1. The molecule has 2 aromatic carbocycles. The molecule has 0 radical (unpaired) electrons. The van der Waals surface area contributed by atoms with Crippen molar-refractivity contribution in [3.63, 3.8) is 0 Å². The maximum absolute atomic E-state index is 5.43. The lowest BCUT2D eigenvalue weighted by Gasteiger charge is -2.14. The lowest BCUT2D eigenvalue weighted by atomic mass is 10.1. The van der Waals surface area contributed by atoms with Gasteiger partial charge in [-0.3, -0.25) is 0 Å². The van der Waals surface area contributed by atoms with Crippen LogP contribution in [0, 0.1) is 0 Å². The van der Waals surface area contributed by atoms with Gasteiger partial charge in [-0.15, -0.1) is 0 Å². The second kappa shape index (κ2) is 7.43. The molecule has 0 aliphatic heterocycles. The standard InChI is InChI=1S/C17H21NO3/c1-4-21-15-10-8-14(9-11-15)18-12-13-6-5-7-16(19-2)17(13)20-3/h5-11,18H,4,12H2,1-3H3. The van der Waals surface area contributed by atoms with E-state index in [0.717, 1.165) is 28.5 Å². The lowest BCUT2D eigenvalue weighted by Crippen LogP contribution is -2.03. The fraction of sp³-hybridized carbons (Fsp3) is 0.294. The van der Waals surface area contributed by atoms with Gasteiger partial charge in [-0.05, 0) is 37.3 Å². The molecule has 2 rings (SSSR count). The molecule has 4 nitrogen and oxygen atoms in total. The van der Waals surface area contributed by atoms with Crippen molar-refractivity contribution in [2.24, 2.45) is 0 Å². The largest absolute Gasteiger partial charge is 0.494 e. The highest BCUT2D eigenvalue weighted by Crippen LogP contribution is 2.31. The first-order chi connectivity index (χ1) is 10.3. The van der Waals surface area contributed by atoms with Crippen LogP contribution in [-0.4, -0.2) is 20.8 Å². The quantitative estimate of drug-likeness (QED) is 0.842. The molecule has 112 valence electrons. The molecule has 21 heavy (non-hydrogen) atoms. The van der Waals surface area contributed by atoms with Gasteiger partial charge in [0, 0.05) is 17.8 Å². The minimum atomic E-state index is 0.661. The van der Waals surface area contributed by atoms with E-state index in [1.165, 1.54) is 0 Å². The van der Waals surface area contributed by atoms with Crippen LogP contribution in [0.5, 0.6) is 17.2 Å². The average Bonchev–Trinajstić information content (AvgIpc) is 2.54. The summed E-state index contributed by atoms with van der Waals surface area (Å²) in [6.07, 6.45) is 0. The van der Waals surface area contributed by atoms with E-state index in [1.54, 1.807) is 14.2 Å². The van der Waals surface area contributed by atoms with Gasteiger partial charge in [-0.1, -0.05) is 12.1 Å². The van der Waals surface area contributed by atoms with Crippen LogP contribution in [0.4, 0.5) is 5.69 Å². The zero-order valence-corrected chi connectivity index (χ0v) is 12.7. The summed E-state index contributed by atoms with van der Waals surface area (Å²) in [5, 5.41) is 3.37. The maximum atomic E-state index is 5.43. The Labute approximate surface area is 125 Å². The van der Waals surface area contributed by atoms with Crippen molar-refractivity contribution in [2.75, 3.05) is 26.1 Å². The molecule has 0 aliphatic carbocycles. The van der Waals surface area contributed by atoms with Crippen LogP contribution in [0.25, 0.3) is 0 Å². The predicted molar refractivity (Wildman–Crippen MR) is 84.5 cm³/mol. The van der Waals surface area contributed by atoms with Crippen LogP contribution in [-0.2, 0) is 6.54 Å². The zero-order chi connectivity index (χ0) is 15.1. The molecule has 0 aliphatic rings. The number of nitrogens with one attached hydrogen (secondary N) is 1. The molecule has 2 aromatic rings. The third kappa shape index (κ3) is 3.81. The highest BCUT2D eigenvalue weighted by molar-refractivity contribution is 5.51. The van der Waals surface area contributed by atoms with Crippen molar-refractivity contribution in [1.82, 2.24) is 0 Å². The van der Waals surface area contributed by atoms with Crippen molar-refractivity contribution in [3.8, 4) is 17.2 Å². The molecule has 0 fully saturated rings. The number of ether oxygens (including phenoxy) is 3. The predicted octanol–water partition coefficient (Wildman–Crippen LogP) is 3.71. The molecular formula is C17H21NO3. The van der Waals surface area contributed by atoms with Gasteiger partial charge in [-0.2, -0.15) is 0 Å². The van der Waals surface area contributed by atoms with Gasteiger partial charge in [0.25, 0.3) is 0 Å². The SMILES string of the molecule is CCOc1ccc(NCc2cccc(OC)c2OC)cc1.